The fourth-order valence-corrected chi connectivity index (χ4v) is 13.3. The minimum atomic E-state index is -1.89. The van der Waals surface area contributed by atoms with Gasteiger partial charge in [0, 0.05) is 47.7 Å². The summed E-state index contributed by atoms with van der Waals surface area (Å²) in [5.74, 6) is -6.28. The second kappa shape index (κ2) is 20.0. The Morgan fingerprint density at radius 1 is 0.969 bits per heavy atom. The highest BCUT2D eigenvalue weighted by atomic mass is 19.1. The zero-order chi connectivity index (χ0) is 48.8. The van der Waals surface area contributed by atoms with Crippen molar-refractivity contribution in [1.82, 2.24) is 10.2 Å². The lowest BCUT2D eigenvalue weighted by Gasteiger charge is -2.60. The molecule has 16 heteroatoms. The second-order valence-corrected chi connectivity index (χ2v) is 21.5. The summed E-state index contributed by atoms with van der Waals surface area (Å²) in [6.07, 6.45) is -1.85. The third-order valence-electron chi connectivity index (χ3n) is 16.9. The van der Waals surface area contributed by atoms with Crippen LogP contribution in [0.5, 0.6) is 0 Å². The normalized spacial score (nSPS) is 46.4. The number of methoxy groups -OCH3 is 1. The molecule has 3 saturated carbocycles. The summed E-state index contributed by atoms with van der Waals surface area (Å²) >= 11 is 0. The molecule has 1 aliphatic heterocycles. The van der Waals surface area contributed by atoms with Gasteiger partial charge >= 0.3 is 17.9 Å². The van der Waals surface area contributed by atoms with E-state index in [4.69, 9.17) is 14.2 Å². The van der Waals surface area contributed by atoms with Crippen molar-refractivity contribution < 1.29 is 68.4 Å². The Kier molecular flexibility index (Phi) is 16.4. The van der Waals surface area contributed by atoms with Gasteiger partial charge < -0.3 is 50.2 Å². The van der Waals surface area contributed by atoms with Crippen LogP contribution in [-0.4, -0.2) is 152 Å². The molecule has 19 atom stereocenters. The first-order valence-electron chi connectivity index (χ1n) is 23.9. The van der Waals surface area contributed by atoms with Crippen LogP contribution in [0.1, 0.15) is 114 Å². The number of rotatable bonds is 10. The van der Waals surface area contributed by atoms with Crippen LogP contribution in [0.2, 0.25) is 0 Å². The molecule has 0 aromatic heterocycles. The number of fused-ring (bicyclic) bond motifs is 5. The lowest BCUT2D eigenvalue weighted by atomic mass is 9.46. The first-order valence-corrected chi connectivity index (χ1v) is 23.9. The molecule has 1 heterocycles. The van der Waals surface area contributed by atoms with E-state index in [-0.39, 0.29) is 62.2 Å². The standard InChI is InChI=1S/C49H79FN2O13/c1-12-37-48(10,62)42(58)30(6)52(25-26(2)23-47(9,61)41(57)28(4)40(56)29(5)43(59)64-37)19-13-17-51-18-15-38(55)65-49(44(60)63-11)27(3)20-33-32-22-35(50)34-21-31(53)14-16-45(34,7)39(32)36(54)24-46(33,49)8/h14,16,21,26-30,32-33,35-37,39-42,51,54,56-58,61-62H,12-13,15,17-20,22-25H2,1-11H3/t26-,27-,28+,29-,30-,32?,33?,35+,36?,37-,39?,40+,41-,42-,45+,46+,47-,48-,49+/m1/s1. The van der Waals surface area contributed by atoms with Gasteiger partial charge in [-0.2, -0.15) is 0 Å². The molecule has 5 rings (SSSR count). The van der Waals surface area contributed by atoms with E-state index in [1.54, 1.807) is 26.8 Å². The van der Waals surface area contributed by atoms with Crippen molar-refractivity contribution >= 4 is 23.7 Å². The number of cyclic esters (lactones) is 1. The maximum Gasteiger partial charge on any atom is 0.351 e. The summed E-state index contributed by atoms with van der Waals surface area (Å²) in [7, 11) is 1.24. The molecule has 1 saturated heterocycles. The molecule has 4 fully saturated rings. The van der Waals surface area contributed by atoms with E-state index in [0.717, 1.165) is 0 Å². The smallest absolute Gasteiger partial charge is 0.351 e. The maximum absolute atomic E-state index is 16.0. The third-order valence-corrected chi connectivity index (χ3v) is 16.9. The summed E-state index contributed by atoms with van der Waals surface area (Å²) in [6, 6.07) is -0.673. The molecule has 0 amide bonds. The van der Waals surface area contributed by atoms with Crippen molar-refractivity contribution in [2.24, 2.45) is 52.3 Å². The van der Waals surface area contributed by atoms with Crippen LogP contribution >= 0.6 is 0 Å². The van der Waals surface area contributed by atoms with Gasteiger partial charge in [0.15, 0.2) is 5.78 Å². The van der Waals surface area contributed by atoms with Gasteiger partial charge in [0.2, 0.25) is 5.60 Å². The minimum Gasteiger partial charge on any atom is -0.466 e. The molecule has 0 bridgehead atoms. The Morgan fingerprint density at radius 3 is 2.26 bits per heavy atom. The van der Waals surface area contributed by atoms with Gasteiger partial charge in [-0.25, -0.2) is 9.18 Å². The number of allylic oxidation sites excluding steroid dienone is 4. The van der Waals surface area contributed by atoms with E-state index < -0.39 is 112 Å². The van der Waals surface area contributed by atoms with Gasteiger partial charge in [-0.3, -0.25) is 19.3 Å². The number of nitrogens with zero attached hydrogens (tertiary/aromatic N) is 1. The van der Waals surface area contributed by atoms with Crippen LogP contribution in [0.15, 0.2) is 23.8 Å². The van der Waals surface area contributed by atoms with E-state index in [2.05, 4.69) is 5.32 Å². The molecule has 0 aromatic rings. The number of ether oxygens (including phenoxy) is 3. The van der Waals surface area contributed by atoms with E-state index in [9.17, 15) is 49.8 Å². The fraction of sp³-hybridized carbons (Fsp3) is 0.837. The number of esters is 3. The second-order valence-electron chi connectivity index (χ2n) is 21.5. The van der Waals surface area contributed by atoms with Crippen molar-refractivity contribution in [1.29, 1.82) is 0 Å². The van der Waals surface area contributed by atoms with Crippen molar-refractivity contribution in [3.63, 3.8) is 0 Å². The SMILES string of the molecule is CC[C@H]1OC(=O)[C@H](C)[C@@H](O)[C@H](C)[C@@H](O)[C@](C)(O)C[C@@H](C)CN(CCCNCCC(=O)O[C@]2(C(=O)OC)[C@H](C)CC3C4C[C@H](F)C5=CC(=O)C=C[C@]5(C)C4C(O)C[C@@]32C)[C@H](C)[C@@H](O)[C@]1(C)O. The van der Waals surface area contributed by atoms with Crippen LogP contribution in [-0.2, 0) is 33.4 Å². The minimum absolute atomic E-state index is 0.0714. The number of aliphatic hydroxyl groups is 6. The monoisotopic (exact) mass is 923 g/mol. The molecule has 5 aliphatic rings. The molecular weight excluding hydrogens is 844 g/mol. The lowest BCUT2D eigenvalue weighted by molar-refractivity contribution is -0.217. The quantitative estimate of drug-likeness (QED) is 0.0948. The zero-order valence-electron chi connectivity index (χ0n) is 40.5. The zero-order valence-corrected chi connectivity index (χ0v) is 40.5. The molecule has 4 unspecified atom stereocenters. The third kappa shape index (κ3) is 9.75. The predicted molar refractivity (Wildman–Crippen MR) is 238 cm³/mol. The summed E-state index contributed by atoms with van der Waals surface area (Å²) in [6.45, 7) is 18.2. The topological polar surface area (TPSA) is 233 Å². The fourth-order valence-electron chi connectivity index (χ4n) is 13.3. The van der Waals surface area contributed by atoms with Gasteiger partial charge in [-0.1, -0.05) is 47.6 Å². The van der Waals surface area contributed by atoms with E-state index >= 15 is 4.39 Å². The molecule has 4 aliphatic carbocycles. The number of halogens is 1. The van der Waals surface area contributed by atoms with Gasteiger partial charge in [-0.15, -0.1) is 0 Å². The molecule has 15 nitrogen and oxygen atoms in total. The predicted octanol–water partition coefficient (Wildman–Crippen LogP) is 3.19. The summed E-state index contributed by atoms with van der Waals surface area (Å²) in [5, 5.41) is 72.4. The van der Waals surface area contributed by atoms with Crippen molar-refractivity contribution in [3.8, 4) is 0 Å². The first-order chi connectivity index (χ1) is 30.2. The van der Waals surface area contributed by atoms with E-state index in [1.807, 2.05) is 32.6 Å². The van der Waals surface area contributed by atoms with Crippen LogP contribution in [0.25, 0.3) is 0 Å². The number of hydrogen-bond acceptors (Lipinski definition) is 15. The average Bonchev–Trinajstić information content (AvgIpc) is 3.46. The van der Waals surface area contributed by atoms with Crippen LogP contribution in [0.4, 0.5) is 4.39 Å². The molecule has 0 radical (unpaired) electrons. The Balaban J connectivity index is 1.26. The van der Waals surface area contributed by atoms with Gasteiger partial charge in [0.1, 0.15) is 24.0 Å². The molecule has 370 valence electrons. The summed E-state index contributed by atoms with van der Waals surface area (Å²) in [5.41, 5.74) is -6.88. The number of carbonyl (C=O) groups excluding carboxylic acids is 4. The van der Waals surface area contributed by atoms with Gasteiger partial charge in [-0.05, 0) is 115 Å². The number of hydrogen-bond donors (Lipinski definition) is 7. The summed E-state index contributed by atoms with van der Waals surface area (Å²) < 4.78 is 33.4. The van der Waals surface area contributed by atoms with Gasteiger partial charge in [0.25, 0.3) is 0 Å². The Bertz CT molecular complexity index is 1810. The highest BCUT2D eigenvalue weighted by Crippen LogP contribution is 2.69. The Morgan fingerprint density at radius 2 is 1.63 bits per heavy atom. The maximum atomic E-state index is 16.0. The number of alkyl halides is 1. The highest BCUT2D eigenvalue weighted by Gasteiger charge is 2.74. The van der Waals surface area contributed by atoms with Gasteiger partial charge in [0.05, 0.1) is 43.4 Å². The number of ketones is 1. The van der Waals surface area contributed by atoms with Crippen LogP contribution in [0, 0.1) is 52.3 Å². The summed E-state index contributed by atoms with van der Waals surface area (Å²) in [4.78, 5) is 55.3. The molecule has 65 heavy (non-hydrogen) atoms. The van der Waals surface area contributed by atoms with Crippen molar-refractivity contribution in [2.75, 3.05) is 33.3 Å². The highest BCUT2D eigenvalue weighted by molar-refractivity contribution is 6.01. The van der Waals surface area contributed by atoms with E-state index in [1.165, 1.54) is 40.0 Å². The largest absolute Gasteiger partial charge is 0.466 e. The molecule has 7 N–H and O–H groups in total. The lowest BCUT2D eigenvalue weighted by Crippen LogP contribution is -2.64. The number of carbonyl (C=O) groups is 4. The molecule has 0 spiro atoms. The average molecular weight is 923 g/mol. The van der Waals surface area contributed by atoms with Crippen LogP contribution < -0.4 is 5.32 Å². The van der Waals surface area contributed by atoms with Crippen molar-refractivity contribution in [2.45, 2.75) is 174 Å². The number of aliphatic hydroxyl groups excluding tert-OH is 4. The van der Waals surface area contributed by atoms with Crippen molar-refractivity contribution in [3.05, 3.63) is 23.8 Å². The Hall–Kier alpha value is -2.83. The Labute approximate surface area is 384 Å². The first kappa shape index (κ1) is 53.1. The number of nitrogens with one attached hydrogen (secondary N) is 1. The van der Waals surface area contributed by atoms with Crippen LogP contribution in [0.3, 0.4) is 0 Å². The van der Waals surface area contributed by atoms with E-state index in [0.29, 0.717) is 38.0 Å². The molecule has 0 aromatic carbocycles. The molecular formula is C49H79FN2O13.